The minimum atomic E-state index is 0.0942. The van der Waals surface area contributed by atoms with Gasteiger partial charge in [0.05, 0.1) is 19.6 Å². The molecule has 1 fully saturated rings. The molecule has 0 saturated carbocycles. The molecule has 22 heavy (non-hydrogen) atoms. The molecule has 122 valence electrons. The van der Waals surface area contributed by atoms with Crippen molar-refractivity contribution in [1.29, 1.82) is 0 Å². The number of rotatable bonds is 5. The first kappa shape index (κ1) is 17.0. The summed E-state index contributed by atoms with van der Waals surface area (Å²) in [5, 5.41) is 3.00. The second-order valence-electron chi connectivity index (χ2n) is 6.93. The number of hydrogen-bond donors (Lipinski definition) is 1. The van der Waals surface area contributed by atoms with Crippen LogP contribution in [-0.2, 0) is 21.4 Å². The molecule has 0 bridgehead atoms. The van der Waals surface area contributed by atoms with E-state index >= 15 is 0 Å². The van der Waals surface area contributed by atoms with Crippen LogP contribution in [0.3, 0.4) is 0 Å². The van der Waals surface area contributed by atoms with Crippen molar-refractivity contribution >= 4 is 5.91 Å². The fraction of sp³-hybridized carbons (Fsp3) is 0.611. The van der Waals surface area contributed by atoms with Gasteiger partial charge in [0.15, 0.2) is 0 Å². The summed E-state index contributed by atoms with van der Waals surface area (Å²) < 4.78 is 5.31. The first-order chi connectivity index (χ1) is 10.4. The molecule has 1 aromatic carbocycles. The van der Waals surface area contributed by atoms with Crippen molar-refractivity contribution in [1.82, 2.24) is 10.2 Å². The summed E-state index contributed by atoms with van der Waals surface area (Å²) in [6, 6.07) is 8.36. The average molecular weight is 304 g/mol. The number of amides is 1. The number of nitrogens with one attached hydrogen (secondary N) is 1. The average Bonchev–Trinajstić information content (AvgIpc) is 2.48. The lowest BCUT2D eigenvalue weighted by Gasteiger charge is -2.26. The van der Waals surface area contributed by atoms with Crippen LogP contribution in [0.4, 0.5) is 0 Å². The van der Waals surface area contributed by atoms with E-state index in [0.29, 0.717) is 13.0 Å². The Balaban J connectivity index is 1.72. The highest BCUT2D eigenvalue weighted by molar-refractivity contribution is 5.78. The SMILES string of the molecule is CC(C)(C)c1ccc(CC(=O)NCCN2CCOCC2)cc1. The fourth-order valence-corrected chi connectivity index (χ4v) is 2.55. The third kappa shape index (κ3) is 5.43. The molecule has 2 rings (SSSR count). The molecule has 1 amide bonds. The highest BCUT2D eigenvalue weighted by Gasteiger charge is 2.13. The van der Waals surface area contributed by atoms with E-state index in [1.807, 2.05) is 0 Å². The topological polar surface area (TPSA) is 41.6 Å². The van der Waals surface area contributed by atoms with Crippen LogP contribution in [0.15, 0.2) is 24.3 Å². The predicted molar refractivity (Wildman–Crippen MR) is 89.1 cm³/mol. The van der Waals surface area contributed by atoms with Crippen LogP contribution in [0.2, 0.25) is 0 Å². The maximum Gasteiger partial charge on any atom is 0.224 e. The van der Waals surface area contributed by atoms with Crippen LogP contribution in [0.5, 0.6) is 0 Å². The third-order valence-corrected chi connectivity index (χ3v) is 4.04. The second-order valence-corrected chi connectivity index (χ2v) is 6.93. The zero-order valence-electron chi connectivity index (χ0n) is 14.0. The van der Waals surface area contributed by atoms with Crippen LogP contribution in [0.1, 0.15) is 31.9 Å². The first-order valence-electron chi connectivity index (χ1n) is 8.11. The van der Waals surface area contributed by atoms with Gasteiger partial charge >= 0.3 is 0 Å². The molecule has 0 aromatic heterocycles. The Morgan fingerprint density at radius 2 is 1.82 bits per heavy atom. The Labute approximate surface area is 133 Å². The van der Waals surface area contributed by atoms with Crippen LogP contribution >= 0.6 is 0 Å². The van der Waals surface area contributed by atoms with Crippen molar-refractivity contribution in [3.63, 3.8) is 0 Å². The van der Waals surface area contributed by atoms with E-state index in [0.717, 1.165) is 38.4 Å². The Bertz CT molecular complexity index is 471. The molecule has 0 aliphatic carbocycles. The Morgan fingerprint density at radius 3 is 2.41 bits per heavy atom. The number of benzene rings is 1. The van der Waals surface area contributed by atoms with Gasteiger partial charge in [0.1, 0.15) is 0 Å². The summed E-state index contributed by atoms with van der Waals surface area (Å²) in [6.07, 6.45) is 0.452. The highest BCUT2D eigenvalue weighted by atomic mass is 16.5. The third-order valence-electron chi connectivity index (χ3n) is 4.04. The summed E-state index contributed by atoms with van der Waals surface area (Å²) in [7, 11) is 0. The minimum absolute atomic E-state index is 0.0942. The van der Waals surface area contributed by atoms with Crippen LogP contribution in [0, 0.1) is 0 Å². The zero-order valence-corrected chi connectivity index (χ0v) is 14.0. The van der Waals surface area contributed by atoms with E-state index in [2.05, 4.69) is 55.3 Å². The molecule has 1 aliphatic heterocycles. The molecule has 4 heteroatoms. The molecule has 0 radical (unpaired) electrons. The fourth-order valence-electron chi connectivity index (χ4n) is 2.55. The first-order valence-corrected chi connectivity index (χ1v) is 8.11. The largest absolute Gasteiger partial charge is 0.379 e. The van der Waals surface area contributed by atoms with Gasteiger partial charge < -0.3 is 10.1 Å². The molecule has 0 atom stereocenters. The van der Waals surface area contributed by atoms with Crippen LogP contribution in [-0.4, -0.2) is 50.2 Å². The number of hydrogen-bond acceptors (Lipinski definition) is 3. The number of carbonyl (C=O) groups is 1. The molecular weight excluding hydrogens is 276 g/mol. The van der Waals surface area contributed by atoms with E-state index in [1.54, 1.807) is 0 Å². The Morgan fingerprint density at radius 1 is 1.18 bits per heavy atom. The predicted octanol–water partition coefficient (Wildman–Crippen LogP) is 1.97. The van der Waals surface area contributed by atoms with Crippen molar-refractivity contribution in [2.24, 2.45) is 0 Å². The van der Waals surface area contributed by atoms with Gasteiger partial charge in [0, 0.05) is 26.2 Å². The van der Waals surface area contributed by atoms with Gasteiger partial charge in [-0.2, -0.15) is 0 Å². The van der Waals surface area contributed by atoms with Gasteiger partial charge in [-0.15, -0.1) is 0 Å². The van der Waals surface area contributed by atoms with Gasteiger partial charge in [0.25, 0.3) is 0 Å². The quantitative estimate of drug-likeness (QED) is 0.904. The Hall–Kier alpha value is -1.39. The van der Waals surface area contributed by atoms with Gasteiger partial charge in [0.2, 0.25) is 5.91 Å². The second kappa shape index (κ2) is 7.75. The van der Waals surface area contributed by atoms with E-state index < -0.39 is 0 Å². The standard InChI is InChI=1S/C18H28N2O2/c1-18(2,3)16-6-4-15(5-7-16)14-17(21)19-8-9-20-10-12-22-13-11-20/h4-7H,8-14H2,1-3H3,(H,19,21). The molecule has 0 unspecified atom stereocenters. The normalized spacial score (nSPS) is 16.5. The van der Waals surface area contributed by atoms with Gasteiger partial charge in [-0.3, -0.25) is 9.69 Å². The van der Waals surface area contributed by atoms with Crippen molar-refractivity contribution in [3.05, 3.63) is 35.4 Å². The van der Waals surface area contributed by atoms with Crippen molar-refractivity contribution in [2.75, 3.05) is 39.4 Å². The van der Waals surface area contributed by atoms with Crippen LogP contribution < -0.4 is 5.32 Å². The Kier molecular flexibility index (Phi) is 5.98. The lowest BCUT2D eigenvalue weighted by atomic mass is 9.86. The smallest absolute Gasteiger partial charge is 0.224 e. The van der Waals surface area contributed by atoms with E-state index in [4.69, 9.17) is 4.74 Å². The van der Waals surface area contributed by atoms with Crippen molar-refractivity contribution < 1.29 is 9.53 Å². The summed E-state index contributed by atoms with van der Waals surface area (Å²) >= 11 is 0. The zero-order chi connectivity index (χ0) is 16.0. The monoisotopic (exact) mass is 304 g/mol. The number of ether oxygens (including phenoxy) is 1. The molecule has 1 aromatic rings. The molecule has 1 N–H and O–H groups in total. The van der Waals surface area contributed by atoms with Gasteiger partial charge in [-0.1, -0.05) is 45.0 Å². The van der Waals surface area contributed by atoms with Gasteiger partial charge in [-0.05, 0) is 16.5 Å². The van der Waals surface area contributed by atoms with Gasteiger partial charge in [-0.25, -0.2) is 0 Å². The summed E-state index contributed by atoms with van der Waals surface area (Å²) in [6.45, 7) is 11.7. The van der Waals surface area contributed by atoms with E-state index in [-0.39, 0.29) is 11.3 Å². The highest BCUT2D eigenvalue weighted by Crippen LogP contribution is 2.22. The lowest BCUT2D eigenvalue weighted by Crippen LogP contribution is -2.41. The molecule has 0 spiro atoms. The maximum atomic E-state index is 12.0. The van der Waals surface area contributed by atoms with Crippen LogP contribution in [0.25, 0.3) is 0 Å². The maximum absolute atomic E-state index is 12.0. The summed E-state index contributed by atoms with van der Waals surface area (Å²) in [4.78, 5) is 14.3. The molecule has 4 nitrogen and oxygen atoms in total. The molecule has 1 aliphatic rings. The lowest BCUT2D eigenvalue weighted by molar-refractivity contribution is -0.120. The molecular formula is C18H28N2O2. The number of nitrogens with zero attached hydrogens (tertiary/aromatic N) is 1. The summed E-state index contributed by atoms with van der Waals surface area (Å²) in [5.74, 6) is 0.0942. The molecule has 1 heterocycles. The number of carbonyl (C=O) groups excluding carboxylic acids is 1. The summed E-state index contributed by atoms with van der Waals surface area (Å²) in [5.41, 5.74) is 2.51. The van der Waals surface area contributed by atoms with Crippen molar-refractivity contribution in [2.45, 2.75) is 32.6 Å². The minimum Gasteiger partial charge on any atom is -0.379 e. The van der Waals surface area contributed by atoms with E-state index in [1.165, 1.54) is 5.56 Å². The molecule has 1 saturated heterocycles. The van der Waals surface area contributed by atoms with E-state index in [9.17, 15) is 4.79 Å². The van der Waals surface area contributed by atoms with Crippen molar-refractivity contribution in [3.8, 4) is 0 Å². The number of morpholine rings is 1.